The Bertz CT molecular complexity index is 418. The van der Waals surface area contributed by atoms with Gasteiger partial charge in [0.2, 0.25) is 0 Å². The molecular formula is C16H27N3O. The second kappa shape index (κ2) is 8.56. The molecule has 0 aliphatic heterocycles. The van der Waals surface area contributed by atoms with Gasteiger partial charge in [-0.15, -0.1) is 0 Å². The lowest BCUT2D eigenvalue weighted by Crippen LogP contribution is -2.33. The van der Waals surface area contributed by atoms with Crippen molar-refractivity contribution >= 4 is 11.7 Å². The van der Waals surface area contributed by atoms with Gasteiger partial charge in [-0.05, 0) is 44.2 Å². The van der Waals surface area contributed by atoms with E-state index in [0.29, 0.717) is 11.6 Å². The Hall–Kier alpha value is -1.58. The van der Waals surface area contributed by atoms with E-state index >= 15 is 0 Å². The number of hydrogen-bond donors (Lipinski definition) is 2. The second-order valence-corrected chi connectivity index (χ2v) is 5.68. The number of hydrogen-bond acceptors (Lipinski definition) is 3. The summed E-state index contributed by atoms with van der Waals surface area (Å²) in [6.07, 6.45) is 3.15. The third-order valence-corrected chi connectivity index (χ3v) is 3.09. The molecule has 0 saturated carbocycles. The Labute approximate surface area is 122 Å². The third kappa shape index (κ3) is 6.04. The minimum atomic E-state index is -0.0959. The van der Waals surface area contributed by atoms with E-state index in [2.05, 4.69) is 36.4 Å². The van der Waals surface area contributed by atoms with Crippen molar-refractivity contribution in [3.05, 3.63) is 23.9 Å². The molecule has 0 aliphatic carbocycles. The van der Waals surface area contributed by atoms with Gasteiger partial charge in [0.05, 0.1) is 0 Å². The molecule has 1 atom stereocenters. The molecule has 1 rings (SSSR count). The normalized spacial score (nSPS) is 12.2. The highest BCUT2D eigenvalue weighted by Crippen LogP contribution is 2.08. The molecule has 1 aromatic rings. The number of anilines is 1. The first-order chi connectivity index (χ1) is 9.52. The van der Waals surface area contributed by atoms with Crippen LogP contribution < -0.4 is 10.6 Å². The maximum absolute atomic E-state index is 12.1. The monoisotopic (exact) mass is 277 g/mol. The predicted molar refractivity (Wildman–Crippen MR) is 84.0 cm³/mol. The SMILES string of the molecule is CCCNc1cccc(C(=O)NC(C)CCC(C)C)n1. The van der Waals surface area contributed by atoms with Gasteiger partial charge >= 0.3 is 0 Å². The molecule has 0 fully saturated rings. The second-order valence-electron chi connectivity index (χ2n) is 5.68. The molecule has 0 aliphatic rings. The van der Waals surface area contributed by atoms with Gasteiger partial charge in [-0.25, -0.2) is 4.98 Å². The van der Waals surface area contributed by atoms with Crippen molar-refractivity contribution in [1.82, 2.24) is 10.3 Å². The van der Waals surface area contributed by atoms with Crippen LogP contribution in [-0.4, -0.2) is 23.5 Å². The summed E-state index contributed by atoms with van der Waals surface area (Å²) in [4.78, 5) is 16.5. The average Bonchev–Trinajstić information content (AvgIpc) is 2.43. The number of carbonyl (C=O) groups excluding carboxylic acids is 1. The Morgan fingerprint density at radius 3 is 2.65 bits per heavy atom. The molecule has 112 valence electrons. The van der Waals surface area contributed by atoms with E-state index in [0.717, 1.165) is 31.6 Å². The summed E-state index contributed by atoms with van der Waals surface area (Å²) >= 11 is 0. The van der Waals surface area contributed by atoms with Crippen LogP contribution >= 0.6 is 0 Å². The van der Waals surface area contributed by atoms with Crippen molar-refractivity contribution in [1.29, 1.82) is 0 Å². The molecule has 0 radical (unpaired) electrons. The van der Waals surface area contributed by atoms with Gasteiger partial charge in [0.15, 0.2) is 0 Å². The lowest BCUT2D eigenvalue weighted by atomic mass is 10.0. The quantitative estimate of drug-likeness (QED) is 0.765. The first-order valence-electron chi connectivity index (χ1n) is 7.54. The van der Waals surface area contributed by atoms with Crippen LogP contribution in [0.25, 0.3) is 0 Å². The van der Waals surface area contributed by atoms with Gasteiger partial charge in [0.1, 0.15) is 11.5 Å². The molecule has 4 nitrogen and oxygen atoms in total. The van der Waals surface area contributed by atoms with Crippen LogP contribution in [0.15, 0.2) is 18.2 Å². The largest absolute Gasteiger partial charge is 0.370 e. The van der Waals surface area contributed by atoms with Crippen LogP contribution in [0.5, 0.6) is 0 Å². The summed E-state index contributed by atoms with van der Waals surface area (Å²) in [5.74, 6) is 1.32. The molecule has 0 aromatic carbocycles. The Morgan fingerprint density at radius 2 is 2.00 bits per heavy atom. The van der Waals surface area contributed by atoms with E-state index in [1.165, 1.54) is 0 Å². The van der Waals surface area contributed by atoms with Crippen LogP contribution in [0.2, 0.25) is 0 Å². The van der Waals surface area contributed by atoms with Crippen molar-refractivity contribution in [2.45, 2.75) is 53.0 Å². The van der Waals surface area contributed by atoms with E-state index < -0.39 is 0 Å². The number of amides is 1. The molecular weight excluding hydrogens is 250 g/mol. The van der Waals surface area contributed by atoms with Crippen LogP contribution in [0, 0.1) is 5.92 Å². The maximum Gasteiger partial charge on any atom is 0.270 e. The molecule has 20 heavy (non-hydrogen) atoms. The van der Waals surface area contributed by atoms with Gasteiger partial charge in [0, 0.05) is 12.6 Å². The lowest BCUT2D eigenvalue weighted by molar-refractivity contribution is 0.0932. The average molecular weight is 277 g/mol. The van der Waals surface area contributed by atoms with E-state index in [4.69, 9.17) is 0 Å². The number of nitrogens with zero attached hydrogens (tertiary/aromatic N) is 1. The summed E-state index contributed by atoms with van der Waals surface area (Å²) in [6, 6.07) is 5.67. The predicted octanol–water partition coefficient (Wildman–Crippen LogP) is 3.46. The molecule has 1 heterocycles. The van der Waals surface area contributed by atoms with Crippen LogP contribution in [0.4, 0.5) is 5.82 Å². The van der Waals surface area contributed by atoms with Gasteiger partial charge in [-0.1, -0.05) is 26.8 Å². The summed E-state index contributed by atoms with van der Waals surface area (Å²) < 4.78 is 0. The minimum Gasteiger partial charge on any atom is -0.370 e. The molecule has 1 amide bonds. The zero-order valence-corrected chi connectivity index (χ0v) is 13.1. The lowest BCUT2D eigenvalue weighted by Gasteiger charge is -2.15. The molecule has 0 spiro atoms. The molecule has 2 N–H and O–H groups in total. The van der Waals surface area contributed by atoms with Crippen molar-refractivity contribution < 1.29 is 4.79 Å². The fraction of sp³-hybridized carbons (Fsp3) is 0.625. The minimum absolute atomic E-state index is 0.0959. The first kappa shape index (κ1) is 16.5. The van der Waals surface area contributed by atoms with E-state index in [9.17, 15) is 4.79 Å². The zero-order valence-electron chi connectivity index (χ0n) is 13.1. The Balaban J connectivity index is 2.54. The van der Waals surface area contributed by atoms with Crippen LogP contribution in [-0.2, 0) is 0 Å². The smallest absolute Gasteiger partial charge is 0.270 e. The summed E-state index contributed by atoms with van der Waals surface area (Å²) in [7, 11) is 0. The molecule has 0 saturated heterocycles. The molecule has 0 bridgehead atoms. The number of pyridine rings is 1. The van der Waals surface area contributed by atoms with Gasteiger partial charge in [0.25, 0.3) is 5.91 Å². The molecule has 1 aromatic heterocycles. The number of carbonyl (C=O) groups is 1. The summed E-state index contributed by atoms with van der Waals surface area (Å²) in [5.41, 5.74) is 0.475. The zero-order chi connectivity index (χ0) is 15.0. The highest BCUT2D eigenvalue weighted by atomic mass is 16.1. The van der Waals surface area contributed by atoms with Gasteiger partial charge < -0.3 is 10.6 Å². The first-order valence-corrected chi connectivity index (χ1v) is 7.54. The molecule has 4 heteroatoms. The number of aromatic nitrogens is 1. The summed E-state index contributed by atoms with van der Waals surface area (Å²) in [6.45, 7) is 9.39. The van der Waals surface area contributed by atoms with Crippen molar-refractivity contribution in [2.24, 2.45) is 5.92 Å². The van der Waals surface area contributed by atoms with Crippen molar-refractivity contribution in [3.63, 3.8) is 0 Å². The van der Waals surface area contributed by atoms with Gasteiger partial charge in [-0.2, -0.15) is 0 Å². The highest BCUT2D eigenvalue weighted by Gasteiger charge is 2.11. The van der Waals surface area contributed by atoms with Gasteiger partial charge in [-0.3, -0.25) is 4.79 Å². The number of rotatable bonds is 8. The topological polar surface area (TPSA) is 54.0 Å². The maximum atomic E-state index is 12.1. The number of nitrogens with one attached hydrogen (secondary N) is 2. The van der Waals surface area contributed by atoms with E-state index in [1.54, 1.807) is 6.07 Å². The molecule has 1 unspecified atom stereocenters. The van der Waals surface area contributed by atoms with Crippen molar-refractivity contribution in [2.75, 3.05) is 11.9 Å². The van der Waals surface area contributed by atoms with Crippen LogP contribution in [0.3, 0.4) is 0 Å². The third-order valence-electron chi connectivity index (χ3n) is 3.09. The summed E-state index contributed by atoms with van der Waals surface area (Å²) in [5, 5.41) is 6.20. The Kier molecular flexibility index (Phi) is 7.05. The van der Waals surface area contributed by atoms with E-state index in [-0.39, 0.29) is 11.9 Å². The standard InChI is InChI=1S/C16H27N3O/c1-5-11-17-15-8-6-7-14(19-15)16(20)18-13(4)10-9-12(2)3/h6-8,12-13H,5,9-11H2,1-4H3,(H,17,19)(H,18,20). The van der Waals surface area contributed by atoms with Crippen molar-refractivity contribution in [3.8, 4) is 0 Å². The fourth-order valence-corrected chi connectivity index (χ4v) is 1.87. The fourth-order valence-electron chi connectivity index (χ4n) is 1.87. The van der Waals surface area contributed by atoms with E-state index in [1.807, 2.05) is 19.1 Å². The Morgan fingerprint density at radius 1 is 1.25 bits per heavy atom. The van der Waals surface area contributed by atoms with Crippen LogP contribution in [0.1, 0.15) is 57.4 Å². The highest BCUT2D eigenvalue weighted by molar-refractivity contribution is 5.92.